The van der Waals surface area contributed by atoms with E-state index in [-0.39, 0.29) is 29.1 Å². The van der Waals surface area contributed by atoms with E-state index in [4.69, 9.17) is 4.52 Å². The van der Waals surface area contributed by atoms with Gasteiger partial charge in [-0.25, -0.2) is 4.68 Å². The van der Waals surface area contributed by atoms with Gasteiger partial charge < -0.3 is 9.42 Å². The predicted octanol–water partition coefficient (Wildman–Crippen LogP) is 3.25. The summed E-state index contributed by atoms with van der Waals surface area (Å²) in [6, 6.07) is 12.3. The van der Waals surface area contributed by atoms with Gasteiger partial charge in [-0.15, -0.1) is 0 Å². The summed E-state index contributed by atoms with van der Waals surface area (Å²) in [5.74, 6) is 0.861. The van der Waals surface area contributed by atoms with E-state index in [1.165, 1.54) is 10.7 Å². The van der Waals surface area contributed by atoms with Gasteiger partial charge in [-0.3, -0.25) is 14.7 Å². The molecule has 4 rings (SSSR count). The first kappa shape index (κ1) is 17.3. The fourth-order valence-electron chi connectivity index (χ4n) is 3.48. The first-order chi connectivity index (χ1) is 13.0. The van der Waals surface area contributed by atoms with Crippen molar-refractivity contribution in [3.8, 4) is 5.69 Å². The molecule has 0 bridgehead atoms. The zero-order valence-electron chi connectivity index (χ0n) is 15.4. The van der Waals surface area contributed by atoms with Gasteiger partial charge in [0.05, 0.1) is 11.7 Å². The zero-order valence-corrected chi connectivity index (χ0v) is 15.4. The maximum absolute atomic E-state index is 13.1. The van der Waals surface area contributed by atoms with Crippen LogP contribution in [0, 0.1) is 0 Å². The Balaban J connectivity index is 1.61. The summed E-state index contributed by atoms with van der Waals surface area (Å²) in [4.78, 5) is 27.1. The lowest BCUT2D eigenvalue weighted by Crippen LogP contribution is -2.31. The molecule has 3 heterocycles. The molecule has 7 nitrogen and oxygen atoms in total. The molecule has 1 aliphatic rings. The van der Waals surface area contributed by atoms with E-state index in [9.17, 15) is 9.59 Å². The number of rotatable bonds is 4. The van der Waals surface area contributed by atoms with Crippen molar-refractivity contribution in [1.82, 2.24) is 19.8 Å². The van der Waals surface area contributed by atoms with Crippen molar-refractivity contribution in [2.24, 2.45) is 0 Å². The third-order valence-electron chi connectivity index (χ3n) is 4.94. The highest BCUT2D eigenvalue weighted by Crippen LogP contribution is 2.33. The number of benzene rings is 1. The average molecular weight is 366 g/mol. The number of para-hydroxylation sites is 1. The van der Waals surface area contributed by atoms with Crippen LogP contribution in [0.5, 0.6) is 0 Å². The number of hydrogen-bond acceptors (Lipinski definition) is 4. The SMILES string of the molecule is CC(C)c1cc([C@H]2CCCN2C(=O)c2cc(=O)n(-c3ccccc3)[nH]2)no1. The Morgan fingerprint density at radius 2 is 2.04 bits per heavy atom. The monoisotopic (exact) mass is 366 g/mol. The van der Waals surface area contributed by atoms with E-state index in [1.807, 2.05) is 50.2 Å². The molecule has 1 N–H and O–H groups in total. The van der Waals surface area contributed by atoms with Crippen molar-refractivity contribution in [2.45, 2.75) is 38.6 Å². The second-order valence-electron chi connectivity index (χ2n) is 7.14. The van der Waals surface area contributed by atoms with Crippen LogP contribution in [-0.2, 0) is 0 Å². The Kier molecular flexibility index (Phi) is 4.43. The Bertz CT molecular complexity index is 1000. The van der Waals surface area contributed by atoms with Crippen LogP contribution in [0.15, 0.2) is 51.8 Å². The van der Waals surface area contributed by atoms with Crippen molar-refractivity contribution in [3.63, 3.8) is 0 Å². The second-order valence-corrected chi connectivity index (χ2v) is 7.14. The molecule has 1 atom stereocenters. The number of likely N-dealkylation sites (tertiary alicyclic amines) is 1. The average Bonchev–Trinajstić information content (AvgIpc) is 3.40. The molecular formula is C20H22N4O3. The van der Waals surface area contributed by atoms with Gasteiger partial charge in [-0.05, 0) is 25.0 Å². The lowest BCUT2D eigenvalue weighted by molar-refractivity contribution is 0.0724. The van der Waals surface area contributed by atoms with Gasteiger partial charge in [0.15, 0.2) is 0 Å². The molecule has 1 amide bonds. The summed E-state index contributed by atoms with van der Waals surface area (Å²) in [7, 11) is 0. The van der Waals surface area contributed by atoms with E-state index in [0.29, 0.717) is 12.2 Å². The van der Waals surface area contributed by atoms with Crippen molar-refractivity contribution in [2.75, 3.05) is 6.54 Å². The summed E-state index contributed by atoms with van der Waals surface area (Å²) in [5, 5.41) is 7.11. The molecule has 7 heteroatoms. The van der Waals surface area contributed by atoms with Crippen LogP contribution in [0.2, 0.25) is 0 Å². The number of carbonyl (C=O) groups excluding carboxylic acids is 1. The smallest absolute Gasteiger partial charge is 0.272 e. The van der Waals surface area contributed by atoms with Crippen LogP contribution >= 0.6 is 0 Å². The summed E-state index contributed by atoms with van der Waals surface area (Å²) >= 11 is 0. The highest BCUT2D eigenvalue weighted by molar-refractivity contribution is 5.92. The first-order valence-electron chi connectivity index (χ1n) is 9.19. The first-order valence-corrected chi connectivity index (χ1v) is 9.19. The molecule has 3 aromatic rings. The number of aromatic nitrogens is 3. The van der Waals surface area contributed by atoms with Crippen molar-refractivity contribution in [1.29, 1.82) is 0 Å². The van der Waals surface area contributed by atoms with E-state index in [1.54, 1.807) is 4.90 Å². The van der Waals surface area contributed by atoms with Crippen LogP contribution < -0.4 is 5.56 Å². The van der Waals surface area contributed by atoms with E-state index in [0.717, 1.165) is 24.3 Å². The highest BCUT2D eigenvalue weighted by atomic mass is 16.5. The molecule has 0 unspecified atom stereocenters. The summed E-state index contributed by atoms with van der Waals surface area (Å²) in [6.07, 6.45) is 1.73. The number of amides is 1. The topological polar surface area (TPSA) is 84.1 Å². The van der Waals surface area contributed by atoms with Gasteiger partial charge in [-0.2, -0.15) is 0 Å². The molecular weight excluding hydrogens is 344 g/mol. The van der Waals surface area contributed by atoms with Crippen molar-refractivity contribution >= 4 is 5.91 Å². The summed E-state index contributed by atoms with van der Waals surface area (Å²) in [6.45, 7) is 4.71. The molecule has 1 aliphatic heterocycles. The van der Waals surface area contributed by atoms with Crippen molar-refractivity contribution in [3.05, 3.63) is 70.0 Å². The van der Waals surface area contributed by atoms with Gasteiger partial charge >= 0.3 is 0 Å². The number of nitrogens with zero attached hydrogens (tertiary/aromatic N) is 3. The Morgan fingerprint density at radius 1 is 1.26 bits per heavy atom. The minimum absolute atomic E-state index is 0.127. The molecule has 1 aromatic carbocycles. The summed E-state index contributed by atoms with van der Waals surface area (Å²) in [5.41, 5.74) is 1.49. The van der Waals surface area contributed by atoms with Crippen LogP contribution in [-0.4, -0.2) is 32.3 Å². The molecule has 2 aromatic heterocycles. The lowest BCUT2D eigenvalue weighted by atomic mass is 10.1. The van der Waals surface area contributed by atoms with Crippen LogP contribution in [0.3, 0.4) is 0 Å². The highest BCUT2D eigenvalue weighted by Gasteiger charge is 2.34. The minimum atomic E-state index is -0.260. The molecule has 27 heavy (non-hydrogen) atoms. The molecule has 0 radical (unpaired) electrons. The second kappa shape index (κ2) is 6.90. The Morgan fingerprint density at radius 3 is 2.74 bits per heavy atom. The summed E-state index contributed by atoms with van der Waals surface area (Å²) < 4.78 is 6.78. The number of hydrogen-bond donors (Lipinski definition) is 1. The standard InChI is InChI=1S/C20H22N4O3/c1-13(2)18-11-15(22-27-18)17-9-6-10-23(17)20(26)16-12-19(25)24(21-16)14-7-4-3-5-8-14/h3-5,7-8,11-13,17,21H,6,9-10H2,1-2H3/t17-/m1/s1. The van der Waals surface area contributed by atoms with Gasteiger partial charge in [0, 0.05) is 24.6 Å². The van der Waals surface area contributed by atoms with Gasteiger partial charge in [0.2, 0.25) is 0 Å². The maximum Gasteiger partial charge on any atom is 0.272 e. The normalized spacial score (nSPS) is 17.0. The van der Waals surface area contributed by atoms with Gasteiger partial charge in [-0.1, -0.05) is 37.2 Å². The Hall–Kier alpha value is -3.09. The predicted molar refractivity (Wildman–Crippen MR) is 100.0 cm³/mol. The maximum atomic E-state index is 13.1. The van der Waals surface area contributed by atoms with Gasteiger partial charge in [0.25, 0.3) is 11.5 Å². The molecule has 0 spiro atoms. The number of carbonyl (C=O) groups is 1. The number of nitrogens with one attached hydrogen (secondary N) is 1. The van der Waals surface area contributed by atoms with Crippen LogP contribution in [0.25, 0.3) is 5.69 Å². The lowest BCUT2D eigenvalue weighted by Gasteiger charge is -2.22. The van der Waals surface area contributed by atoms with Crippen LogP contribution in [0.4, 0.5) is 0 Å². The Labute approximate surface area is 156 Å². The fraction of sp³-hybridized carbons (Fsp3) is 0.350. The molecule has 1 saturated heterocycles. The third-order valence-corrected chi connectivity index (χ3v) is 4.94. The quantitative estimate of drug-likeness (QED) is 0.768. The van der Waals surface area contributed by atoms with Crippen molar-refractivity contribution < 1.29 is 9.32 Å². The molecule has 0 aliphatic carbocycles. The molecule has 140 valence electrons. The zero-order chi connectivity index (χ0) is 19.0. The van der Waals surface area contributed by atoms with Gasteiger partial charge in [0.1, 0.15) is 17.1 Å². The van der Waals surface area contributed by atoms with E-state index >= 15 is 0 Å². The number of aromatic amines is 1. The molecule has 1 fully saturated rings. The van der Waals surface area contributed by atoms with E-state index < -0.39 is 0 Å². The third kappa shape index (κ3) is 3.20. The fourth-order valence-corrected chi connectivity index (χ4v) is 3.48. The molecule has 0 saturated carbocycles. The van der Waals surface area contributed by atoms with E-state index in [2.05, 4.69) is 10.3 Å². The largest absolute Gasteiger partial charge is 0.361 e. The minimum Gasteiger partial charge on any atom is -0.361 e. The number of H-pyrrole nitrogens is 1. The van der Waals surface area contributed by atoms with Crippen LogP contribution in [0.1, 0.15) is 60.6 Å².